The average molecular weight is 307 g/mol. The summed E-state index contributed by atoms with van der Waals surface area (Å²) in [7, 11) is -3.30. The lowest BCUT2D eigenvalue weighted by Crippen LogP contribution is -2.24. The van der Waals surface area contributed by atoms with Crippen molar-refractivity contribution in [3.05, 3.63) is 65.7 Å². The number of benzene rings is 2. The average Bonchev–Trinajstić information content (AvgIpc) is 2.46. The smallest absolute Gasteiger partial charge is 0.212 e. The molecule has 0 bridgehead atoms. The van der Waals surface area contributed by atoms with Crippen molar-refractivity contribution in [3.63, 3.8) is 0 Å². The molecule has 0 heterocycles. The highest BCUT2D eigenvalue weighted by Crippen LogP contribution is 2.15. The van der Waals surface area contributed by atoms with Gasteiger partial charge in [0, 0.05) is 11.4 Å². The molecular formula is C15H17NO2S2. The van der Waals surface area contributed by atoms with Crippen LogP contribution in [0.15, 0.2) is 59.5 Å². The van der Waals surface area contributed by atoms with Gasteiger partial charge in [-0.3, -0.25) is 0 Å². The van der Waals surface area contributed by atoms with Crippen molar-refractivity contribution in [2.75, 3.05) is 6.26 Å². The van der Waals surface area contributed by atoms with Crippen LogP contribution in [-0.2, 0) is 22.3 Å². The van der Waals surface area contributed by atoms with E-state index in [0.717, 1.165) is 11.1 Å². The standard InChI is InChI=1S/C15H17NO2S2/c1-19-15-9-7-13(8-10-15)11-16-20(17,18)12-14-5-3-2-4-6-14/h2-10,16H,11-12H2,1H3. The van der Waals surface area contributed by atoms with Crippen LogP contribution in [0.25, 0.3) is 0 Å². The second-order valence-corrected chi connectivity index (χ2v) is 7.10. The molecule has 0 aliphatic rings. The SMILES string of the molecule is CSc1ccc(CNS(=O)(=O)Cc2ccccc2)cc1. The molecule has 1 N–H and O–H groups in total. The molecule has 0 atom stereocenters. The molecule has 3 nitrogen and oxygen atoms in total. The van der Waals surface area contributed by atoms with Crippen LogP contribution in [-0.4, -0.2) is 14.7 Å². The van der Waals surface area contributed by atoms with Crippen LogP contribution >= 0.6 is 11.8 Å². The lowest BCUT2D eigenvalue weighted by Gasteiger charge is -2.07. The Morgan fingerprint density at radius 1 is 0.950 bits per heavy atom. The number of hydrogen-bond acceptors (Lipinski definition) is 3. The molecule has 5 heteroatoms. The van der Waals surface area contributed by atoms with Crippen LogP contribution in [0.1, 0.15) is 11.1 Å². The molecule has 0 aliphatic heterocycles. The van der Waals surface area contributed by atoms with E-state index in [1.165, 1.54) is 4.90 Å². The third kappa shape index (κ3) is 4.67. The summed E-state index contributed by atoms with van der Waals surface area (Å²) in [6.45, 7) is 0.323. The van der Waals surface area contributed by atoms with E-state index >= 15 is 0 Å². The van der Waals surface area contributed by atoms with Gasteiger partial charge in [0.15, 0.2) is 0 Å². The molecule has 0 amide bonds. The first-order valence-corrected chi connectivity index (χ1v) is 9.11. The second-order valence-electron chi connectivity index (χ2n) is 4.41. The minimum absolute atomic E-state index is 0.0107. The van der Waals surface area contributed by atoms with Gasteiger partial charge < -0.3 is 0 Å². The summed E-state index contributed by atoms with van der Waals surface area (Å²) in [6.07, 6.45) is 2.01. The van der Waals surface area contributed by atoms with Gasteiger partial charge in [-0.1, -0.05) is 42.5 Å². The lowest BCUT2D eigenvalue weighted by atomic mass is 10.2. The predicted octanol–water partition coefficient (Wildman–Crippen LogP) is 3.03. The normalized spacial score (nSPS) is 11.4. The van der Waals surface area contributed by atoms with E-state index in [0.29, 0.717) is 6.54 Å². The molecule has 0 unspecified atom stereocenters. The Balaban J connectivity index is 1.95. The minimum Gasteiger partial charge on any atom is -0.212 e. The monoisotopic (exact) mass is 307 g/mol. The zero-order valence-electron chi connectivity index (χ0n) is 11.2. The molecule has 0 spiro atoms. The quantitative estimate of drug-likeness (QED) is 0.834. The zero-order valence-corrected chi connectivity index (χ0v) is 12.9. The lowest BCUT2D eigenvalue weighted by molar-refractivity contribution is 0.580. The molecule has 0 aromatic heterocycles. The van der Waals surface area contributed by atoms with Crippen LogP contribution in [0.4, 0.5) is 0 Å². The fourth-order valence-electron chi connectivity index (χ4n) is 1.78. The molecule has 0 aliphatic carbocycles. The fourth-order valence-corrected chi connectivity index (χ4v) is 3.31. The summed E-state index contributed by atoms with van der Waals surface area (Å²) < 4.78 is 26.6. The van der Waals surface area contributed by atoms with Crippen molar-refractivity contribution < 1.29 is 8.42 Å². The summed E-state index contributed by atoms with van der Waals surface area (Å²) in [6, 6.07) is 17.0. The van der Waals surface area contributed by atoms with Gasteiger partial charge in [-0.25, -0.2) is 13.1 Å². The molecule has 0 saturated carbocycles. The van der Waals surface area contributed by atoms with Crippen LogP contribution in [0.2, 0.25) is 0 Å². The Hall–Kier alpha value is -1.30. The highest BCUT2D eigenvalue weighted by molar-refractivity contribution is 7.98. The maximum absolute atomic E-state index is 12.0. The predicted molar refractivity (Wildman–Crippen MR) is 84.1 cm³/mol. The highest BCUT2D eigenvalue weighted by Gasteiger charge is 2.10. The summed E-state index contributed by atoms with van der Waals surface area (Å²) in [5.74, 6) is 0.0107. The number of hydrogen-bond donors (Lipinski definition) is 1. The molecule has 0 saturated heterocycles. The first-order valence-electron chi connectivity index (χ1n) is 6.23. The summed E-state index contributed by atoms with van der Waals surface area (Å²) in [4.78, 5) is 1.17. The molecule has 2 rings (SSSR count). The molecule has 0 fully saturated rings. The maximum atomic E-state index is 12.0. The summed E-state index contributed by atoms with van der Waals surface area (Å²) >= 11 is 1.66. The second kappa shape index (κ2) is 6.92. The van der Waals surface area contributed by atoms with E-state index in [1.54, 1.807) is 11.8 Å². The Bertz CT molecular complexity index is 637. The van der Waals surface area contributed by atoms with Crippen molar-refractivity contribution in [2.24, 2.45) is 0 Å². The van der Waals surface area contributed by atoms with Crippen molar-refractivity contribution in [2.45, 2.75) is 17.2 Å². The summed E-state index contributed by atoms with van der Waals surface area (Å²) in [5.41, 5.74) is 1.75. The Kier molecular flexibility index (Phi) is 5.23. The number of rotatable bonds is 6. The van der Waals surface area contributed by atoms with Gasteiger partial charge in [-0.15, -0.1) is 11.8 Å². The Labute approximate surface area is 124 Å². The van der Waals surface area contributed by atoms with E-state index < -0.39 is 10.0 Å². The van der Waals surface area contributed by atoms with E-state index in [4.69, 9.17) is 0 Å². The van der Waals surface area contributed by atoms with Gasteiger partial charge in [0.1, 0.15) is 0 Å². The van der Waals surface area contributed by atoms with Crippen molar-refractivity contribution in [1.29, 1.82) is 0 Å². The molecular weight excluding hydrogens is 290 g/mol. The molecule has 2 aromatic rings. The maximum Gasteiger partial charge on any atom is 0.216 e. The topological polar surface area (TPSA) is 46.2 Å². The zero-order chi connectivity index (χ0) is 14.4. The Morgan fingerprint density at radius 3 is 2.20 bits per heavy atom. The van der Waals surface area contributed by atoms with E-state index in [2.05, 4.69) is 4.72 Å². The van der Waals surface area contributed by atoms with Crippen molar-refractivity contribution in [1.82, 2.24) is 4.72 Å². The Morgan fingerprint density at radius 2 is 1.60 bits per heavy atom. The number of thioether (sulfide) groups is 1. The van der Waals surface area contributed by atoms with Crippen LogP contribution in [0, 0.1) is 0 Å². The van der Waals surface area contributed by atoms with Crippen molar-refractivity contribution in [3.8, 4) is 0 Å². The third-order valence-corrected chi connectivity index (χ3v) is 4.90. The molecule has 20 heavy (non-hydrogen) atoms. The van der Waals surface area contributed by atoms with Gasteiger partial charge in [0.05, 0.1) is 5.75 Å². The highest BCUT2D eigenvalue weighted by atomic mass is 32.2. The molecule has 106 valence electrons. The van der Waals surface area contributed by atoms with Crippen molar-refractivity contribution >= 4 is 21.8 Å². The molecule has 2 aromatic carbocycles. The van der Waals surface area contributed by atoms with Crippen LogP contribution < -0.4 is 4.72 Å². The van der Waals surface area contributed by atoms with Gasteiger partial charge in [0.25, 0.3) is 0 Å². The number of sulfonamides is 1. The largest absolute Gasteiger partial charge is 0.216 e. The molecule has 0 radical (unpaired) electrons. The fraction of sp³-hybridized carbons (Fsp3) is 0.200. The van der Waals surface area contributed by atoms with Gasteiger partial charge in [-0.2, -0.15) is 0 Å². The first kappa shape index (κ1) is 15.1. The summed E-state index contributed by atoms with van der Waals surface area (Å²) in [5, 5.41) is 0. The van der Waals surface area contributed by atoms with Gasteiger partial charge in [-0.05, 0) is 29.5 Å². The third-order valence-electron chi connectivity index (χ3n) is 2.85. The van der Waals surface area contributed by atoms with E-state index in [-0.39, 0.29) is 5.75 Å². The minimum atomic E-state index is -3.30. The van der Waals surface area contributed by atoms with Gasteiger partial charge >= 0.3 is 0 Å². The van der Waals surface area contributed by atoms with Crippen LogP contribution in [0.3, 0.4) is 0 Å². The van der Waals surface area contributed by atoms with E-state index in [9.17, 15) is 8.42 Å². The van der Waals surface area contributed by atoms with Gasteiger partial charge in [0.2, 0.25) is 10.0 Å². The van der Waals surface area contributed by atoms with E-state index in [1.807, 2.05) is 60.9 Å². The first-order chi connectivity index (χ1) is 9.59. The number of nitrogens with one attached hydrogen (secondary N) is 1. The van der Waals surface area contributed by atoms with Crippen LogP contribution in [0.5, 0.6) is 0 Å².